The molecule has 1 rings (SSSR count). The van der Waals surface area contributed by atoms with Crippen LogP contribution in [0.4, 0.5) is 0 Å². The van der Waals surface area contributed by atoms with Gasteiger partial charge in [-0.1, -0.05) is 13.3 Å². The van der Waals surface area contributed by atoms with E-state index in [1.54, 1.807) is 0 Å². The van der Waals surface area contributed by atoms with Gasteiger partial charge in [-0.05, 0) is 38.9 Å². The van der Waals surface area contributed by atoms with Crippen molar-refractivity contribution in [3.05, 3.63) is 0 Å². The Morgan fingerprint density at radius 2 is 1.62 bits per heavy atom. The van der Waals surface area contributed by atoms with Crippen molar-refractivity contribution >= 4 is 20.1 Å². The summed E-state index contributed by atoms with van der Waals surface area (Å²) in [5.41, 5.74) is 0. The van der Waals surface area contributed by atoms with Gasteiger partial charge in [0.05, 0.1) is 0 Å². The van der Waals surface area contributed by atoms with Gasteiger partial charge in [0.1, 0.15) is 0 Å². The molecule has 1 aliphatic rings. The van der Waals surface area contributed by atoms with E-state index in [1.807, 2.05) is 0 Å². The molecular formula is C8H20BClNO2. The predicted octanol–water partition coefficient (Wildman–Crippen LogP) is 0.809. The third kappa shape index (κ3) is 10.2. The summed E-state index contributed by atoms with van der Waals surface area (Å²) in [4.78, 5) is 2.57. The molecule has 0 atom stereocenters. The van der Waals surface area contributed by atoms with Crippen molar-refractivity contribution in [1.82, 2.24) is 4.90 Å². The monoisotopic (exact) mass is 208 g/mol. The number of halogens is 1. The highest BCUT2D eigenvalue weighted by atomic mass is 35.5. The summed E-state index contributed by atoms with van der Waals surface area (Å²) in [7, 11) is 0. The molecular weight excluding hydrogens is 188 g/mol. The van der Waals surface area contributed by atoms with Crippen molar-refractivity contribution in [2.24, 2.45) is 0 Å². The van der Waals surface area contributed by atoms with Crippen LogP contribution in [0.15, 0.2) is 0 Å². The van der Waals surface area contributed by atoms with Crippen molar-refractivity contribution in [2.45, 2.75) is 32.6 Å². The zero-order chi connectivity index (χ0) is 9.23. The maximum Gasteiger partial charge on any atom is 0.482 e. The molecule has 0 aliphatic carbocycles. The number of hydrogen-bond donors (Lipinski definition) is 2. The van der Waals surface area contributed by atoms with Gasteiger partial charge < -0.3 is 14.9 Å². The van der Waals surface area contributed by atoms with Crippen LogP contribution in [0, 0.1) is 0 Å². The van der Waals surface area contributed by atoms with Gasteiger partial charge in [-0.15, -0.1) is 12.4 Å². The fourth-order valence-electron chi connectivity index (χ4n) is 1.50. The summed E-state index contributed by atoms with van der Waals surface area (Å²) in [6.07, 6.45) is 5.64. The van der Waals surface area contributed by atoms with Crippen molar-refractivity contribution in [3.8, 4) is 0 Å². The van der Waals surface area contributed by atoms with E-state index in [-0.39, 0.29) is 20.1 Å². The highest BCUT2D eigenvalue weighted by Crippen LogP contribution is 2.07. The number of likely N-dealkylation sites (tertiary alicyclic amines) is 1. The van der Waals surface area contributed by atoms with Crippen LogP contribution >= 0.6 is 12.4 Å². The maximum atomic E-state index is 7.00. The molecule has 1 saturated heterocycles. The van der Waals surface area contributed by atoms with Gasteiger partial charge in [0.25, 0.3) is 0 Å². The van der Waals surface area contributed by atoms with E-state index in [1.165, 1.54) is 45.3 Å². The van der Waals surface area contributed by atoms with Gasteiger partial charge >= 0.3 is 7.69 Å². The SMILES string of the molecule is CCCN1CCCCC1.Cl.O[B]O. The van der Waals surface area contributed by atoms with Crippen molar-refractivity contribution in [2.75, 3.05) is 19.6 Å². The van der Waals surface area contributed by atoms with Crippen LogP contribution in [-0.4, -0.2) is 42.3 Å². The number of nitrogens with zero attached hydrogens (tertiary/aromatic N) is 1. The molecule has 0 unspecified atom stereocenters. The number of piperidine rings is 1. The molecule has 0 amide bonds. The van der Waals surface area contributed by atoms with Gasteiger partial charge in [0, 0.05) is 0 Å². The van der Waals surface area contributed by atoms with Crippen molar-refractivity contribution < 1.29 is 10.0 Å². The van der Waals surface area contributed by atoms with Crippen LogP contribution in [0.25, 0.3) is 0 Å². The zero-order valence-corrected chi connectivity index (χ0v) is 9.09. The number of rotatable bonds is 2. The molecule has 1 heterocycles. The van der Waals surface area contributed by atoms with E-state index in [0.717, 1.165) is 0 Å². The first-order valence-electron chi connectivity index (χ1n) is 4.67. The molecule has 79 valence electrons. The summed E-state index contributed by atoms with van der Waals surface area (Å²) >= 11 is 0. The van der Waals surface area contributed by atoms with Crippen molar-refractivity contribution in [3.63, 3.8) is 0 Å². The molecule has 0 saturated carbocycles. The quantitative estimate of drug-likeness (QED) is 0.660. The lowest BCUT2D eigenvalue weighted by molar-refractivity contribution is 0.229. The zero-order valence-electron chi connectivity index (χ0n) is 8.28. The fraction of sp³-hybridized carbons (Fsp3) is 1.00. The molecule has 2 N–H and O–H groups in total. The lowest BCUT2D eigenvalue weighted by Crippen LogP contribution is -2.30. The van der Waals surface area contributed by atoms with Crippen molar-refractivity contribution in [1.29, 1.82) is 0 Å². The van der Waals surface area contributed by atoms with E-state index in [2.05, 4.69) is 11.8 Å². The Morgan fingerprint density at radius 1 is 1.15 bits per heavy atom. The summed E-state index contributed by atoms with van der Waals surface area (Å²) in [6.45, 7) is 6.29. The summed E-state index contributed by atoms with van der Waals surface area (Å²) in [6, 6.07) is 0. The Hall–Kier alpha value is 0.235. The van der Waals surface area contributed by atoms with E-state index in [0.29, 0.717) is 0 Å². The van der Waals surface area contributed by atoms with Gasteiger partial charge in [-0.25, -0.2) is 0 Å². The standard InChI is InChI=1S/C8H17N.BH2O2.ClH/c1-2-6-9-7-4-3-5-8-9;2-1-3;/h2-8H2,1H3;2-3H;1H. The number of hydrogen-bond acceptors (Lipinski definition) is 3. The van der Waals surface area contributed by atoms with Crippen LogP contribution in [0.1, 0.15) is 32.6 Å². The molecule has 0 spiro atoms. The van der Waals surface area contributed by atoms with Crippen LogP contribution in [0.5, 0.6) is 0 Å². The molecule has 0 aromatic rings. The third-order valence-electron chi connectivity index (χ3n) is 1.99. The van der Waals surface area contributed by atoms with Crippen LogP contribution < -0.4 is 0 Å². The lowest BCUT2D eigenvalue weighted by atomic mass is 10.1. The predicted molar refractivity (Wildman–Crippen MR) is 58.0 cm³/mol. The summed E-state index contributed by atoms with van der Waals surface area (Å²) < 4.78 is 0. The third-order valence-corrected chi connectivity index (χ3v) is 1.99. The topological polar surface area (TPSA) is 43.7 Å². The van der Waals surface area contributed by atoms with E-state index >= 15 is 0 Å². The Kier molecular flexibility index (Phi) is 14.8. The second-order valence-corrected chi connectivity index (χ2v) is 3.02. The van der Waals surface area contributed by atoms with E-state index < -0.39 is 0 Å². The molecule has 13 heavy (non-hydrogen) atoms. The fourth-order valence-corrected chi connectivity index (χ4v) is 1.50. The molecule has 3 nitrogen and oxygen atoms in total. The largest absolute Gasteiger partial charge is 0.482 e. The normalized spacial score (nSPS) is 16.5. The molecule has 5 heteroatoms. The lowest BCUT2D eigenvalue weighted by Gasteiger charge is -2.25. The van der Waals surface area contributed by atoms with Crippen LogP contribution in [0.3, 0.4) is 0 Å². The average molecular weight is 209 g/mol. The first-order valence-corrected chi connectivity index (χ1v) is 4.67. The van der Waals surface area contributed by atoms with Gasteiger partial charge in [-0.3, -0.25) is 0 Å². The average Bonchev–Trinajstić information content (AvgIpc) is 2.08. The Bertz CT molecular complexity index is 89.5. The molecule has 1 aliphatic heterocycles. The minimum absolute atomic E-state index is 0. The van der Waals surface area contributed by atoms with Gasteiger partial charge in [-0.2, -0.15) is 0 Å². The first kappa shape index (κ1) is 15.7. The van der Waals surface area contributed by atoms with Crippen LogP contribution in [0.2, 0.25) is 0 Å². The maximum absolute atomic E-state index is 7.00. The highest BCUT2D eigenvalue weighted by Gasteiger charge is 2.07. The Balaban J connectivity index is 0. The molecule has 0 aromatic heterocycles. The smallest absolute Gasteiger partial charge is 0.429 e. The summed E-state index contributed by atoms with van der Waals surface area (Å²) in [5.74, 6) is 0. The summed E-state index contributed by atoms with van der Waals surface area (Å²) in [5, 5.41) is 14.0. The van der Waals surface area contributed by atoms with Crippen LogP contribution in [-0.2, 0) is 0 Å². The second kappa shape index (κ2) is 12.2. The Labute approximate surface area is 87.9 Å². The molecule has 1 fully saturated rings. The molecule has 0 aromatic carbocycles. The van der Waals surface area contributed by atoms with Gasteiger partial charge in [0.15, 0.2) is 0 Å². The minimum atomic E-state index is 0. The highest BCUT2D eigenvalue weighted by molar-refractivity contribution is 6.13. The Morgan fingerprint density at radius 3 is 2.00 bits per heavy atom. The van der Waals surface area contributed by atoms with Gasteiger partial charge in [0.2, 0.25) is 0 Å². The molecule has 0 bridgehead atoms. The van der Waals surface area contributed by atoms with E-state index in [9.17, 15) is 0 Å². The molecule has 1 radical (unpaired) electrons. The minimum Gasteiger partial charge on any atom is -0.429 e. The van der Waals surface area contributed by atoms with E-state index in [4.69, 9.17) is 10.0 Å². The second-order valence-electron chi connectivity index (χ2n) is 3.02. The first-order chi connectivity index (χ1) is 5.85.